The third-order valence-electron chi connectivity index (χ3n) is 5.82. The molecule has 0 spiro atoms. The molecular weight excluding hydrogens is 402 g/mol. The van der Waals surface area contributed by atoms with E-state index >= 15 is 0 Å². The largest absolute Gasteiger partial charge is 0.330 e. The Kier molecular flexibility index (Phi) is 7.66. The van der Waals surface area contributed by atoms with E-state index in [-0.39, 0.29) is 30.0 Å². The maximum Gasteiger partial charge on any atom is 0.247 e. The summed E-state index contributed by atoms with van der Waals surface area (Å²) < 4.78 is 26.4. The van der Waals surface area contributed by atoms with Gasteiger partial charge in [-0.2, -0.15) is 0 Å². The van der Waals surface area contributed by atoms with Crippen LogP contribution in [0, 0.1) is 5.92 Å². The standard InChI is InChI=1S/C22H31N3O4S/c1-2-14-23-30(28,29)16-17-10-12-19(13-11-17)24-21(26)20-9-6-15-25(20)22(27)18-7-4-3-5-8-18/h2,10-13,18,20,23H,1,3-9,14-16H2,(H,24,26). The fraction of sp³-hybridized carbons (Fsp3) is 0.545. The molecule has 2 fully saturated rings. The minimum absolute atomic E-state index is 0.0584. The van der Waals surface area contributed by atoms with E-state index in [0.29, 0.717) is 24.2 Å². The Morgan fingerprint density at radius 3 is 2.43 bits per heavy atom. The molecule has 2 aliphatic rings. The lowest BCUT2D eigenvalue weighted by Crippen LogP contribution is -2.46. The van der Waals surface area contributed by atoms with Crippen molar-refractivity contribution in [2.24, 2.45) is 5.92 Å². The minimum Gasteiger partial charge on any atom is -0.330 e. The van der Waals surface area contributed by atoms with Crippen molar-refractivity contribution in [3.63, 3.8) is 0 Å². The Balaban J connectivity index is 1.58. The van der Waals surface area contributed by atoms with Gasteiger partial charge in [0.1, 0.15) is 6.04 Å². The Morgan fingerprint density at radius 1 is 1.07 bits per heavy atom. The maximum atomic E-state index is 12.9. The van der Waals surface area contributed by atoms with Crippen LogP contribution in [0.2, 0.25) is 0 Å². The molecule has 164 valence electrons. The van der Waals surface area contributed by atoms with Gasteiger partial charge in [-0.05, 0) is 43.4 Å². The van der Waals surface area contributed by atoms with Crippen LogP contribution in [-0.2, 0) is 25.4 Å². The van der Waals surface area contributed by atoms with Gasteiger partial charge in [0.25, 0.3) is 0 Å². The molecule has 1 aliphatic carbocycles. The van der Waals surface area contributed by atoms with Crippen molar-refractivity contribution in [1.29, 1.82) is 0 Å². The van der Waals surface area contributed by atoms with Crippen LogP contribution in [0.15, 0.2) is 36.9 Å². The number of benzene rings is 1. The van der Waals surface area contributed by atoms with Gasteiger partial charge in [-0.3, -0.25) is 9.59 Å². The summed E-state index contributed by atoms with van der Waals surface area (Å²) in [6, 6.07) is 6.32. The fourth-order valence-electron chi connectivity index (χ4n) is 4.25. The Bertz CT molecular complexity index is 861. The number of rotatable bonds is 8. The van der Waals surface area contributed by atoms with E-state index in [1.54, 1.807) is 29.2 Å². The number of amides is 2. The quantitative estimate of drug-likeness (QED) is 0.616. The zero-order chi connectivity index (χ0) is 21.6. The monoisotopic (exact) mass is 433 g/mol. The second kappa shape index (κ2) is 10.2. The molecule has 7 nitrogen and oxygen atoms in total. The van der Waals surface area contributed by atoms with Crippen molar-refractivity contribution in [2.75, 3.05) is 18.4 Å². The highest BCUT2D eigenvalue weighted by atomic mass is 32.2. The SMILES string of the molecule is C=CCNS(=O)(=O)Cc1ccc(NC(=O)C2CCCN2C(=O)C2CCCCC2)cc1. The number of carbonyl (C=O) groups excluding carboxylic acids is 2. The summed E-state index contributed by atoms with van der Waals surface area (Å²) in [5, 5.41) is 2.88. The zero-order valence-corrected chi connectivity index (χ0v) is 18.1. The molecule has 1 aromatic rings. The molecule has 0 radical (unpaired) electrons. The molecule has 0 bridgehead atoms. The lowest BCUT2D eigenvalue weighted by molar-refractivity contribution is -0.141. The Morgan fingerprint density at radius 2 is 1.77 bits per heavy atom. The number of carbonyl (C=O) groups is 2. The van der Waals surface area contributed by atoms with Gasteiger partial charge in [0.15, 0.2) is 0 Å². The molecule has 2 amide bonds. The summed E-state index contributed by atoms with van der Waals surface area (Å²) in [7, 11) is -3.43. The molecule has 2 N–H and O–H groups in total. The van der Waals surface area contributed by atoms with Crippen molar-refractivity contribution in [3.8, 4) is 0 Å². The third-order valence-corrected chi connectivity index (χ3v) is 7.14. The van der Waals surface area contributed by atoms with E-state index in [1.165, 1.54) is 12.5 Å². The van der Waals surface area contributed by atoms with Gasteiger partial charge >= 0.3 is 0 Å². The molecule has 3 rings (SSSR count). The number of anilines is 1. The van der Waals surface area contributed by atoms with Crippen LogP contribution in [0.25, 0.3) is 0 Å². The average Bonchev–Trinajstić information content (AvgIpc) is 3.24. The normalized spacial score (nSPS) is 20.1. The first kappa shape index (κ1) is 22.5. The predicted molar refractivity (Wildman–Crippen MR) is 117 cm³/mol. The van der Waals surface area contributed by atoms with Crippen LogP contribution in [0.4, 0.5) is 5.69 Å². The summed E-state index contributed by atoms with van der Waals surface area (Å²) in [5.74, 6) is -0.130. The fourth-order valence-corrected chi connectivity index (χ4v) is 5.36. The van der Waals surface area contributed by atoms with Crippen LogP contribution in [0.1, 0.15) is 50.5 Å². The summed E-state index contributed by atoms with van der Waals surface area (Å²) in [4.78, 5) is 27.5. The number of hydrogen-bond acceptors (Lipinski definition) is 4. The van der Waals surface area contributed by atoms with Crippen LogP contribution in [0.5, 0.6) is 0 Å². The molecule has 1 aromatic carbocycles. The van der Waals surface area contributed by atoms with E-state index in [1.807, 2.05) is 0 Å². The average molecular weight is 434 g/mol. The molecular formula is C22H31N3O4S. The Hall–Kier alpha value is -2.19. The maximum absolute atomic E-state index is 12.9. The molecule has 30 heavy (non-hydrogen) atoms. The van der Waals surface area contributed by atoms with Crippen LogP contribution in [-0.4, -0.2) is 44.3 Å². The van der Waals surface area contributed by atoms with Crippen molar-refractivity contribution in [2.45, 2.75) is 56.7 Å². The topological polar surface area (TPSA) is 95.6 Å². The summed E-state index contributed by atoms with van der Waals surface area (Å²) in [6.07, 6.45) is 8.22. The second-order valence-electron chi connectivity index (χ2n) is 8.11. The van der Waals surface area contributed by atoms with Crippen molar-refractivity contribution in [1.82, 2.24) is 9.62 Å². The van der Waals surface area contributed by atoms with Gasteiger partial charge in [0, 0.05) is 24.7 Å². The highest BCUT2D eigenvalue weighted by molar-refractivity contribution is 7.88. The van der Waals surface area contributed by atoms with Crippen LogP contribution in [0.3, 0.4) is 0 Å². The molecule has 8 heteroatoms. The van der Waals surface area contributed by atoms with E-state index in [4.69, 9.17) is 0 Å². The minimum atomic E-state index is -3.43. The number of hydrogen-bond donors (Lipinski definition) is 2. The lowest BCUT2D eigenvalue weighted by Gasteiger charge is -2.30. The lowest BCUT2D eigenvalue weighted by atomic mass is 9.88. The number of nitrogens with zero attached hydrogens (tertiary/aromatic N) is 1. The van der Waals surface area contributed by atoms with E-state index in [2.05, 4.69) is 16.6 Å². The van der Waals surface area contributed by atoms with E-state index in [9.17, 15) is 18.0 Å². The smallest absolute Gasteiger partial charge is 0.247 e. The van der Waals surface area contributed by atoms with Crippen molar-refractivity contribution >= 4 is 27.5 Å². The van der Waals surface area contributed by atoms with Crippen molar-refractivity contribution < 1.29 is 18.0 Å². The summed E-state index contributed by atoms with van der Waals surface area (Å²) in [5.41, 5.74) is 1.22. The predicted octanol–water partition coefficient (Wildman–Crippen LogP) is 2.80. The van der Waals surface area contributed by atoms with Gasteiger partial charge in [-0.15, -0.1) is 6.58 Å². The van der Waals surface area contributed by atoms with Crippen LogP contribution < -0.4 is 10.0 Å². The first-order valence-electron chi connectivity index (χ1n) is 10.7. The molecule has 1 heterocycles. The Labute approximate surface area is 179 Å². The molecule has 1 saturated heterocycles. The molecule has 0 aromatic heterocycles. The van der Waals surface area contributed by atoms with Crippen LogP contribution >= 0.6 is 0 Å². The van der Waals surface area contributed by atoms with Gasteiger partial charge in [-0.1, -0.05) is 37.5 Å². The van der Waals surface area contributed by atoms with Gasteiger partial charge in [0.05, 0.1) is 5.75 Å². The molecule has 1 unspecified atom stereocenters. The summed E-state index contributed by atoms with van der Waals surface area (Å²) in [6.45, 7) is 4.32. The third kappa shape index (κ3) is 5.92. The number of nitrogens with one attached hydrogen (secondary N) is 2. The van der Waals surface area contributed by atoms with Gasteiger partial charge < -0.3 is 10.2 Å². The zero-order valence-electron chi connectivity index (χ0n) is 17.3. The first-order valence-corrected chi connectivity index (χ1v) is 12.3. The molecule has 1 saturated carbocycles. The molecule has 1 atom stereocenters. The van der Waals surface area contributed by atoms with Gasteiger partial charge in [0.2, 0.25) is 21.8 Å². The number of sulfonamides is 1. The number of likely N-dealkylation sites (tertiary alicyclic amines) is 1. The van der Waals surface area contributed by atoms with Crippen molar-refractivity contribution in [3.05, 3.63) is 42.5 Å². The second-order valence-corrected chi connectivity index (χ2v) is 9.91. The highest BCUT2D eigenvalue weighted by Gasteiger charge is 2.37. The van der Waals surface area contributed by atoms with E-state index < -0.39 is 16.1 Å². The highest BCUT2D eigenvalue weighted by Crippen LogP contribution is 2.29. The summed E-state index contributed by atoms with van der Waals surface area (Å²) >= 11 is 0. The van der Waals surface area contributed by atoms with E-state index in [0.717, 1.165) is 32.1 Å². The molecule has 1 aliphatic heterocycles. The first-order chi connectivity index (χ1) is 14.4. The van der Waals surface area contributed by atoms with Gasteiger partial charge in [-0.25, -0.2) is 13.1 Å².